The normalized spacial score (nSPS) is 11.4. The Kier molecular flexibility index (Phi) is 5.38. The van der Waals surface area contributed by atoms with Crippen LogP contribution in [-0.4, -0.2) is 61.8 Å². The molecule has 2 rings (SSSR count). The Hall–Kier alpha value is -1.52. The van der Waals surface area contributed by atoms with E-state index in [2.05, 4.69) is 13.6 Å². The van der Waals surface area contributed by atoms with E-state index in [0.717, 1.165) is 10.9 Å². The van der Waals surface area contributed by atoms with Gasteiger partial charge in [0.15, 0.2) is 0 Å². The average Bonchev–Trinajstić information content (AvgIpc) is 2.76. The standard InChI is InChI=1S/C15H21N5O2.Tl.H/c1-6-19(14(21)22-15(3,4)5)13-10-9-17-12(16)8-11(10)20(7-2)18-13;;/h2,8-9H,6-7H2,1,3-5H3,(H2,16,17);;. The Morgan fingerprint density at radius 1 is 1.52 bits per heavy atom. The van der Waals surface area contributed by atoms with Crippen LogP contribution in [0.3, 0.4) is 0 Å². The maximum absolute atomic E-state index is 12.5. The van der Waals surface area contributed by atoms with Crippen molar-refractivity contribution in [1.82, 2.24) is 14.8 Å². The molecule has 0 atom stereocenters. The number of nitrogen functional groups attached to an aromatic ring is 1. The minimum absolute atomic E-state index is 0.415. The summed E-state index contributed by atoms with van der Waals surface area (Å²) in [5.74, 6) is 0.989. The van der Waals surface area contributed by atoms with Crippen LogP contribution in [0.1, 0.15) is 27.7 Å². The van der Waals surface area contributed by atoms with Gasteiger partial charge >= 0.3 is 151 Å². The van der Waals surface area contributed by atoms with Crippen molar-refractivity contribution in [2.75, 3.05) is 17.2 Å². The number of rotatable bonds is 4. The summed E-state index contributed by atoms with van der Waals surface area (Å²) in [5, 5.41) is 5.38. The van der Waals surface area contributed by atoms with Gasteiger partial charge in [0.1, 0.15) is 0 Å². The van der Waals surface area contributed by atoms with Gasteiger partial charge in [0.05, 0.1) is 0 Å². The second-order valence-electron chi connectivity index (χ2n) is 6.15. The van der Waals surface area contributed by atoms with Gasteiger partial charge in [0.2, 0.25) is 0 Å². The van der Waals surface area contributed by atoms with E-state index in [9.17, 15) is 4.79 Å². The molecule has 8 heteroatoms. The van der Waals surface area contributed by atoms with Gasteiger partial charge in [-0.3, -0.25) is 0 Å². The van der Waals surface area contributed by atoms with Crippen LogP contribution in [0, 0.1) is 0 Å². The summed E-state index contributed by atoms with van der Waals surface area (Å²) in [7, 11) is 0. The molecular weight excluding hydrogens is 487 g/mol. The SMILES string of the molecule is CCN(C(=O)OC(C)(C)C)c1nn(C[CH]=[TlH])c2cc(N)ncc12. The molecule has 0 unspecified atom stereocenters. The second kappa shape index (κ2) is 6.93. The van der Waals surface area contributed by atoms with Crippen LogP contribution in [0.25, 0.3) is 10.9 Å². The number of aromatic nitrogens is 3. The van der Waals surface area contributed by atoms with E-state index in [1.54, 1.807) is 12.3 Å². The van der Waals surface area contributed by atoms with E-state index >= 15 is 0 Å². The number of nitrogens with zero attached hydrogens (tertiary/aromatic N) is 4. The zero-order valence-corrected chi connectivity index (χ0v) is 19.5. The quantitative estimate of drug-likeness (QED) is 0.633. The summed E-state index contributed by atoms with van der Waals surface area (Å²) in [6.07, 6.45) is 1.25. The van der Waals surface area contributed by atoms with E-state index in [0.29, 0.717) is 50.0 Å². The van der Waals surface area contributed by atoms with Gasteiger partial charge in [-0.15, -0.1) is 0 Å². The van der Waals surface area contributed by atoms with Crippen LogP contribution in [0.5, 0.6) is 0 Å². The Labute approximate surface area is 150 Å². The van der Waals surface area contributed by atoms with Gasteiger partial charge in [0.25, 0.3) is 0 Å². The topological polar surface area (TPSA) is 86.3 Å². The number of hydrogen-bond acceptors (Lipinski definition) is 5. The maximum atomic E-state index is 12.5. The van der Waals surface area contributed by atoms with E-state index in [1.165, 1.54) is 4.90 Å². The third-order valence-electron chi connectivity index (χ3n) is 3.13. The molecule has 0 bridgehead atoms. The fourth-order valence-electron chi connectivity index (χ4n) is 2.21. The first-order chi connectivity index (χ1) is 10.8. The van der Waals surface area contributed by atoms with E-state index in [1.807, 2.05) is 32.4 Å². The molecule has 2 N–H and O–H groups in total. The number of carbonyl (C=O) groups is 1. The predicted molar refractivity (Wildman–Crippen MR) is 94.4 cm³/mol. The molecule has 0 aromatic carbocycles. The molecule has 0 aliphatic carbocycles. The molecule has 7 nitrogen and oxygen atoms in total. The van der Waals surface area contributed by atoms with E-state index < -0.39 is 11.7 Å². The Morgan fingerprint density at radius 3 is 2.78 bits per heavy atom. The number of hydrogen-bond donors (Lipinski definition) is 1. The molecule has 122 valence electrons. The summed E-state index contributed by atoms with van der Waals surface area (Å²) >= 11 is 0.561. The molecule has 0 radical (unpaired) electrons. The summed E-state index contributed by atoms with van der Waals surface area (Å²) in [6, 6.07) is 1.78. The summed E-state index contributed by atoms with van der Waals surface area (Å²) < 4.78 is 9.51. The molecule has 2 aromatic rings. The number of pyridine rings is 1. The minimum atomic E-state index is -0.559. The van der Waals surface area contributed by atoms with Crippen molar-refractivity contribution < 1.29 is 9.53 Å². The van der Waals surface area contributed by atoms with Crippen molar-refractivity contribution in [1.29, 1.82) is 0 Å². The molecule has 2 heterocycles. The van der Waals surface area contributed by atoms with Crippen molar-refractivity contribution in [3.05, 3.63) is 12.3 Å². The van der Waals surface area contributed by atoms with Crippen LogP contribution in [0.2, 0.25) is 0 Å². The van der Waals surface area contributed by atoms with Crippen molar-refractivity contribution in [3.63, 3.8) is 0 Å². The van der Waals surface area contributed by atoms with Crippen LogP contribution < -0.4 is 10.6 Å². The van der Waals surface area contributed by atoms with Crippen LogP contribution >= 0.6 is 0 Å². The van der Waals surface area contributed by atoms with Crippen molar-refractivity contribution in [2.45, 2.75) is 39.8 Å². The van der Waals surface area contributed by atoms with Gasteiger partial charge in [-0.2, -0.15) is 0 Å². The number of amides is 1. The first-order valence-corrected chi connectivity index (χ1v) is 10.7. The van der Waals surface area contributed by atoms with Gasteiger partial charge in [-0.1, -0.05) is 0 Å². The molecule has 2 aromatic heterocycles. The summed E-state index contributed by atoms with van der Waals surface area (Å²) in [5.41, 5.74) is 6.11. The molecule has 1 amide bonds. The summed E-state index contributed by atoms with van der Waals surface area (Å²) in [4.78, 5) is 18.1. The van der Waals surface area contributed by atoms with Gasteiger partial charge in [-0.05, 0) is 0 Å². The molecule has 0 spiro atoms. The first kappa shape index (κ1) is 17.8. The van der Waals surface area contributed by atoms with Crippen molar-refractivity contribution in [2.24, 2.45) is 0 Å². The molecule has 0 aliphatic rings. The number of ether oxygens (including phenoxy) is 1. The van der Waals surface area contributed by atoms with Crippen molar-refractivity contribution in [3.8, 4) is 0 Å². The second-order valence-corrected chi connectivity index (χ2v) is 8.39. The average molecular weight is 509 g/mol. The number of carbonyl (C=O) groups excluding carboxylic acids is 1. The van der Waals surface area contributed by atoms with Crippen LogP contribution in [0.15, 0.2) is 12.3 Å². The molecule has 0 saturated heterocycles. The zero-order valence-electron chi connectivity index (χ0n) is 14.0. The third-order valence-corrected chi connectivity index (χ3v) is 4.13. The Morgan fingerprint density at radius 2 is 2.22 bits per heavy atom. The number of fused-ring (bicyclic) bond motifs is 1. The molecular formula is C15H22N5O2Tl. The fourth-order valence-corrected chi connectivity index (χ4v) is 3.16. The van der Waals surface area contributed by atoms with Crippen LogP contribution in [0.4, 0.5) is 16.4 Å². The van der Waals surface area contributed by atoms with Crippen LogP contribution in [-0.2, 0) is 11.3 Å². The first-order valence-electron chi connectivity index (χ1n) is 7.50. The molecule has 0 aliphatic heterocycles. The summed E-state index contributed by atoms with van der Waals surface area (Å²) in [6.45, 7) is 8.58. The Balaban J connectivity index is 2.52. The van der Waals surface area contributed by atoms with E-state index in [4.69, 9.17) is 10.5 Å². The van der Waals surface area contributed by atoms with Gasteiger partial charge in [-0.25, -0.2) is 0 Å². The zero-order chi connectivity index (χ0) is 17.2. The molecule has 23 heavy (non-hydrogen) atoms. The van der Waals surface area contributed by atoms with Gasteiger partial charge in [0, 0.05) is 0 Å². The van der Waals surface area contributed by atoms with Crippen molar-refractivity contribution >= 4 is 57.5 Å². The number of nitrogens with two attached hydrogens (primary N) is 1. The van der Waals surface area contributed by atoms with E-state index in [-0.39, 0.29) is 0 Å². The monoisotopic (exact) mass is 509 g/mol. The molecule has 0 fully saturated rings. The van der Waals surface area contributed by atoms with Gasteiger partial charge < -0.3 is 0 Å². The molecule has 0 saturated carbocycles. The number of anilines is 2. The third kappa shape index (κ3) is 4.07. The fraction of sp³-hybridized carbons (Fsp3) is 0.467. The predicted octanol–water partition coefficient (Wildman–Crippen LogP) is 1.48. The Bertz CT molecular complexity index is 735.